The van der Waals surface area contributed by atoms with Crippen molar-refractivity contribution < 1.29 is 4.79 Å². The average Bonchev–Trinajstić information content (AvgIpc) is 2.44. The number of amides is 1. The van der Waals surface area contributed by atoms with Gasteiger partial charge in [0.2, 0.25) is 5.91 Å². The lowest BCUT2D eigenvalue weighted by atomic mass is 9.98. The van der Waals surface area contributed by atoms with Crippen LogP contribution in [-0.2, 0) is 11.3 Å². The maximum atomic E-state index is 12.3. The van der Waals surface area contributed by atoms with Crippen LogP contribution in [0.25, 0.3) is 0 Å². The second-order valence-electron chi connectivity index (χ2n) is 5.56. The summed E-state index contributed by atoms with van der Waals surface area (Å²) in [6.45, 7) is 6.04. The second kappa shape index (κ2) is 6.79. The molecule has 0 atom stereocenters. The number of aromatic nitrogens is 1. The zero-order valence-corrected chi connectivity index (χ0v) is 13.6. The number of rotatable bonds is 4. The molecule has 1 amide bonds. The largest absolute Gasteiger partial charge is 0.324 e. The van der Waals surface area contributed by atoms with Crippen LogP contribution in [0.1, 0.15) is 30.9 Å². The van der Waals surface area contributed by atoms with Gasteiger partial charge in [0.25, 0.3) is 5.56 Å². The van der Waals surface area contributed by atoms with E-state index in [1.54, 1.807) is 0 Å². The molecule has 116 valence electrons. The highest BCUT2D eigenvalue weighted by Crippen LogP contribution is 2.27. The quantitative estimate of drug-likeness (QED) is 0.937. The number of pyridine rings is 1. The number of benzene rings is 1. The lowest BCUT2D eigenvalue weighted by Crippen LogP contribution is -2.27. The van der Waals surface area contributed by atoms with Crippen molar-refractivity contribution in [2.75, 3.05) is 5.32 Å². The van der Waals surface area contributed by atoms with Crippen LogP contribution in [0.2, 0.25) is 5.02 Å². The van der Waals surface area contributed by atoms with Gasteiger partial charge in [-0.1, -0.05) is 43.6 Å². The van der Waals surface area contributed by atoms with Gasteiger partial charge in [-0.15, -0.1) is 0 Å². The summed E-state index contributed by atoms with van der Waals surface area (Å²) in [7, 11) is 0. The van der Waals surface area contributed by atoms with Gasteiger partial charge < -0.3 is 9.88 Å². The molecule has 0 saturated carbocycles. The topological polar surface area (TPSA) is 51.1 Å². The first kappa shape index (κ1) is 16.3. The van der Waals surface area contributed by atoms with Gasteiger partial charge in [-0.3, -0.25) is 9.59 Å². The van der Waals surface area contributed by atoms with Gasteiger partial charge in [0, 0.05) is 18.0 Å². The molecule has 22 heavy (non-hydrogen) atoms. The predicted octanol–water partition coefficient (Wildman–Crippen LogP) is 3.57. The van der Waals surface area contributed by atoms with Crippen LogP contribution < -0.4 is 10.9 Å². The van der Waals surface area contributed by atoms with E-state index in [1.165, 1.54) is 22.9 Å². The van der Waals surface area contributed by atoms with E-state index >= 15 is 0 Å². The Morgan fingerprint density at radius 3 is 2.68 bits per heavy atom. The summed E-state index contributed by atoms with van der Waals surface area (Å²) < 4.78 is 1.30. The summed E-state index contributed by atoms with van der Waals surface area (Å²) in [5.74, 6) is 0.0460. The van der Waals surface area contributed by atoms with Crippen molar-refractivity contribution in [2.45, 2.75) is 33.2 Å². The van der Waals surface area contributed by atoms with Crippen LogP contribution >= 0.6 is 11.6 Å². The molecule has 0 unspecified atom stereocenters. The molecule has 2 aromatic rings. The fraction of sp³-hybridized carbons (Fsp3) is 0.294. The van der Waals surface area contributed by atoms with Crippen LogP contribution in [0, 0.1) is 6.92 Å². The Labute approximate surface area is 134 Å². The van der Waals surface area contributed by atoms with E-state index in [-0.39, 0.29) is 18.0 Å². The Morgan fingerprint density at radius 1 is 1.27 bits per heavy atom. The summed E-state index contributed by atoms with van der Waals surface area (Å²) in [4.78, 5) is 24.0. The average molecular weight is 319 g/mol. The minimum Gasteiger partial charge on any atom is -0.324 e. The lowest BCUT2D eigenvalue weighted by molar-refractivity contribution is -0.116. The van der Waals surface area contributed by atoms with E-state index in [4.69, 9.17) is 11.6 Å². The van der Waals surface area contributed by atoms with Crippen molar-refractivity contribution in [1.29, 1.82) is 0 Å². The maximum absolute atomic E-state index is 12.3. The van der Waals surface area contributed by atoms with Crippen molar-refractivity contribution in [2.24, 2.45) is 0 Å². The molecule has 5 heteroatoms. The molecule has 0 aliphatic rings. The highest BCUT2D eigenvalue weighted by atomic mass is 35.5. The molecular weight excluding hydrogens is 300 g/mol. The van der Waals surface area contributed by atoms with E-state index < -0.39 is 0 Å². The number of aryl methyl sites for hydroxylation is 1. The smallest absolute Gasteiger partial charge is 0.251 e. The third-order valence-corrected chi connectivity index (χ3v) is 3.68. The normalized spacial score (nSPS) is 10.8. The Morgan fingerprint density at radius 2 is 2.00 bits per heavy atom. The van der Waals surface area contributed by atoms with E-state index in [0.29, 0.717) is 10.9 Å². The van der Waals surface area contributed by atoms with Gasteiger partial charge in [0.05, 0.1) is 5.02 Å². The molecule has 0 aliphatic heterocycles. The standard InChI is InChI=1S/C17H19ClN2O2/c1-11(2)14-6-4-5-12(3)17(14)19-15(21)10-20-9-13(18)7-8-16(20)22/h4-9,11H,10H2,1-3H3,(H,19,21). The minimum absolute atomic E-state index is 0.0642. The number of hydrogen-bond donors (Lipinski definition) is 1. The third kappa shape index (κ3) is 3.77. The molecule has 1 aromatic heterocycles. The molecule has 1 heterocycles. The third-order valence-electron chi connectivity index (χ3n) is 3.45. The molecule has 0 radical (unpaired) electrons. The molecule has 1 aromatic carbocycles. The number of hydrogen-bond acceptors (Lipinski definition) is 2. The monoisotopic (exact) mass is 318 g/mol. The van der Waals surface area contributed by atoms with Gasteiger partial charge in [-0.25, -0.2) is 0 Å². The fourth-order valence-electron chi connectivity index (χ4n) is 2.30. The van der Waals surface area contributed by atoms with Gasteiger partial charge in [0.1, 0.15) is 6.54 Å². The zero-order valence-electron chi connectivity index (χ0n) is 12.9. The van der Waals surface area contributed by atoms with Crippen LogP contribution in [0.15, 0.2) is 41.3 Å². The number of nitrogens with one attached hydrogen (secondary N) is 1. The van der Waals surface area contributed by atoms with E-state index in [1.807, 2.05) is 25.1 Å². The number of anilines is 1. The molecule has 1 N–H and O–H groups in total. The minimum atomic E-state index is -0.256. The van der Waals surface area contributed by atoms with E-state index in [2.05, 4.69) is 19.2 Å². The summed E-state index contributed by atoms with van der Waals surface area (Å²) >= 11 is 5.86. The summed E-state index contributed by atoms with van der Waals surface area (Å²) in [5.41, 5.74) is 2.63. The molecule has 2 rings (SSSR count). The molecule has 4 nitrogen and oxygen atoms in total. The lowest BCUT2D eigenvalue weighted by Gasteiger charge is -2.16. The Kier molecular flexibility index (Phi) is 5.03. The highest BCUT2D eigenvalue weighted by Gasteiger charge is 2.12. The summed E-state index contributed by atoms with van der Waals surface area (Å²) in [6, 6.07) is 8.78. The second-order valence-corrected chi connectivity index (χ2v) is 5.99. The summed E-state index contributed by atoms with van der Waals surface area (Å²) in [6.07, 6.45) is 1.46. The molecule has 0 fully saturated rings. The Hall–Kier alpha value is -2.07. The molecule has 0 saturated heterocycles. The maximum Gasteiger partial charge on any atom is 0.251 e. The highest BCUT2D eigenvalue weighted by molar-refractivity contribution is 6.30. The van der Waals surface area contributed by atoms with Crippen LogP contribution in [0.5, 0.6) is 0 Å². The number of carbonyl (C=O) groups is 1. The van der Waals surface area contributed by atoms with Crippen molar-refractivity contribution in [3.8, 4) is 0 Å². The van der Waals surface area contributed by atoms with E-state index in [9.17, 15) is 9.59 Å². The van der Waals surface area contributed by atoms with Crippen molar-refractivity contribution in [3.05, 3.63) is 63.0 Å². The number of para-hydroxylation sites is 1. The fourth-order valence-corrected chi connectivity index (χ4v) is 2.48. The van der Waals surface area contributed by atoms with Crippen LogP contribution in [0.4, 0.5) is 5.69 Å². The van der Waals surface area contributed by atoms with Gasteiger partial charge in [0.15, 0.2) is 0 Å². The molecule has 0 bridgehead atoms. The molecule has 0 spiro atoms. The van der Waals surface area contributed by atoms with E-state index in [0.717, 1.165) is 16.8 Å². The van der Waals surface area contributed by atoms with Gasteiger partial charge >= 0.3 is 0 Å². The first-order valence-electron chi connectivity index (χ1n) is 7.14. The number of halogens is 1. The first-order chi connectivity index (χ1) is 10.4. The SMILES string of the molecule is Cc1cccc(C(C)C)c1NC(=O)Cn1cc(Cl)ccc1=O. The number of carbonyl (C=O) groups excluding carboxylic acids is 1. The molecule has 0 aliphatic carbocycles. The summed E-state index contributed by atoms with van der Waals surface area (Å²) in [5, 5.41) is 3.34. The van der Waals surface area contributed by atoms with Crippen molar-refractivity contribution >= 4 is 23.2 Å². The van der Waals surface area contributed by atoms with Gasteiger partial charge in [-0.05, 0) is 30.0 Å². The van der Waals surface area contributed by atoms with Crippen molar-refractivity contribution in [3.63, 3.8) is 0 Å². The van der Waals surface area contributed by atoms with Crippen molar-refractivity contribution in [1.82, 2.24) is 4.57 Å². The Balaban J connectivity index is 2.23. The zero-order chi connectivity index (χ0) is 16.3. The predicted molar refractivity (Wildman–Crippen MR) is 89.6 cm³/mol. The van der Waals surface area contributed by atoms with Crippen LogP contribution in [-0.4, -0.2) is 10.5 Å². The molecular formula is C17H19ClN2O2. The Bertz CT molecular complexity index is 751. The first-order valence-corrected chi connectivity index (χ1v) is 7.51. The van der Waals surface area contributed by atoms with Crippen LogP contribution in [0.3, 0.4) is 0 Å². The van der Waals surface area contributed by atoms with Gasteiger partial charge in [-0.2, -0.15) is 0 Å². The number of nitrogens with zero attached hydrogens (tertiary/aromatic N) is 1.